The van der Waals surface area contributed by atoms with E-state index in [9.17, 15) is 19.7 Å². The molecule has 2 aromatic carbocycles. The minimum atomic E-state index is -1.88. The quantitative estimate of drug-likeness (QED) is 0.613. The number of aryl methyl sites for hydroxylation is 1. The fraction of sp³-hybridized carbons (Fsp3) is 0.538. The number of methoxy groups -OCH3 is 1. The summed E-state index contributed by atoms with van der Waals surface area (Å²) < 4.78 is 31.8. The number of rotatable bonds is 5. The van der Waals surface area contributed by atoms with E-state index in [1.54, 1.807) is 0 Å². The Morgan fingerprint density at radius 3 is 2.76 bits per heavy atom. The van der Waals surface area contributed by atoms with E-state index in [1.165, 1.54) is 18.4 Å². The molecule has 184 valence electrons. The minimum absolute atomic E-state index is 0.506. The van der Waals surface area contributed by atoms with Gasteiger partial charge in [-0.05, 0) is 41.7 Å². The van der Waals surface area contributed by atoms with Gasteiger partial charge in [0.1, 0.15) is 35.9 Å². The maximum atomic E-state index is 14.4. The van der Waals surface area contributed by atoms with Gasteiger partial charge >= 0.3 is 0 Å². The molecule has 0 bridgehead atoms. The second kappa shape index (κ2) is 9.34. The van der Waals surface area contributed by atoms with E-state index in [-0.39, 0.29) is 0 Å². The first-order valence-electron chi connectivity index (χ1n) is 11.9. The summed E-state index contributed by atoms with van der Waals surface area (Å²) in [6.45, 7) is 0.938. The van der Waals surface area contributed by atoms with E-state index in [0.717, 1.165) is 41.8 Å². The standard InChI is InChI=1S/C26H32FNO6/c1-28-8-3-4-15-6-5-14(11-19(15)28)10-16-12-18(25(32-2)17-7-9-33-24(16)17)26-23(31)22(30)21(27)20(13-29)34-26/h5-6,11-12,20-23,26,29-31H,3-4,7-10,13H2,1-2H3/t20-,21-,22+,23-,26+/m1/s1. The summed E-state index contributed by atoms with van der Waals surface area (Å²) in [6, 6.07) is 8.39. The molecule has 1 saturated heterocycles. The van der Waals surface area contributed by atoms with Crippen molar-refractivity contribution >= 4 is 5.69 Å². The Bertz CT molecular complexity index is 1060. The maximum Gasteiger partial charge on any atom is 0.157 e. The molecule has 3 aliphatic rings. The smallest absolute Gasteiger partial charge is 0.157 e. The molecule has 3 heterocycles. The minimum Gasteiger partial charge on any atom is -0.496 e. The topological polar surface area (TPSA) is 91.6 Å². The van der Waals surface area contributed by atoms with E-state index < -0.39 is 37.2 Å². The highest BCUT2D eigenvalue weighted by Crippen LogP contribution is 2.46. The van der Waals surface area contributed by atoms with Gasteiger partial charge in [-0.3, -0.25) is 0 Å². The molecule has 0 aromatic heterocycles. The van der Waals surface area contributed by atoms with Crippen LogP contribution in [0.4, 0.5) is 10.1 Å². The summed E-state index contributed by atoms with van der Waals surface area (Å²) in [4.78, 5) is 2.28. The van der Waals surface area contributed by atoms with Gasteiger partial charge in [0.2, 0.25) is 0 Å². The summed E-state index contributed by atoms with van der Waals surface area (Å²) in [5, 5.41) is 30.6. The second-order valence-corrected chi connectivity index (χ2v) is 9.43. The van der Waals surface area contributed by atoms with Gasteiger partial charge in [0.25, 0.3) is 0 Å². The van der Waals surface area contributed by atoms with Crippen LogP contribution < -0.4 is 14.4 Å². The second-order valence-electron chi connectivity index (χ2n) is 9.43. The largest absolute Gasteiger partial charge is 0.496 e. The van der Waals surface area contributed by atoms with Gasteiger partial charge < -0.3 is 34.4 Å². The number of alkyl halides is 1. The predicted molar refractivity (Wildman–Crippen MR) is 125 cm³/mol. The SMILES string of the molecule is COc1c([C@@H]2O[C@H](CO)[C@@H](F)[C@H](O)[C@H]2O)cc(Cc2ccc3c(c2)N(C)CCC3)c2c1CCO2. The van der Waals surface area contributed by atoms with E-state index >= 15 is 0 Å². The third-order valence-electron chi connectivity index (χ3n) is 7.28. The zero-order valence-corrected chi connectivity index (χ0v) is 19.5. The Morgan fingerprint density at radius 1 is 1.18 bits per heavy atom. The molecule has 2 aromatic rings. The van der Waals surface area contributed by atoms with Crippen LogP contribution in [0.5, 0.6) is 11.5 Å². The lowest BCUT2D eigenvalue weighted by Gasteiger charge is -2.39. The van der Waals surface area contributed by atoms with Crippen LogP contribution in [0.1, 0.15) is 40.3 Å². The van der Waals surface area contributed by atoms with E-state index in [1.807, 2.05) is 6.07 Å². The van der Waals surface area contributed by atoms with Crippen LogP contribution in [-0.4, -0.2) is 73.7 Å². The molecule has 7 nitrogen and oxygen atoms in total. The van der Waals surface area contributed by atoms with Crippen molar-refractivity contribution < 1.29 is 33.9 Å². The molecule has 0 spiro atoms. The molecule has 1 fully saturated rings. The van der Waals surface area contributed by atoms with Crippen molar-refractivity contribution in [3.63, 3.8) is 0 Å². The average Bonchev–Trinajstić information content (AvgIpc) is 3.33. The van der Waals surface area contributed by atoms with Gasteiger partial charge in [-0.15, -0.1) is 0 Å². The van der Waals surface area contributed by atoms with E-state index in [0.29, 0.717) is 30.8 Å². The first kappa shape index (κ1) is 23.4. The van der Waals surface area contributed by atoms with Crippen molar-refractivity contribution in [1.29, 1.82) is 0 Å². The van der Waals surface area contributed by atoms with Crippen molar-refractivity contribution in [1.82, 2.24) is 0 Å². The van der Waals surface area contributed by atoms with Gasteiger partial charge in [0.15, 0.2) is 6.17 Å². The van der Waals surface area contributed by atoms with Gasteiger partial charge in [0.05, 0.1) is 20.3 Å². The number of ether oxygens (including phenoxy) is 3. The number of aliphatic hydroxyl groups is 3. The molecule has 3 aliphatic heterocycles. The number of halogens is 1. The van der Waals surface area contributed by atoms with Gasteiger partial charge in [-0.2, -0.15) is 0 Å². The Balaban J connectivity index is 1.55. The van der Waals surface area contributed by atoms with E-state index in [2.05, 4.69) is 30.1 Å². The Hall–Kier alpha value is -2.39. The Kier molecular flexibility index (Phi) is 6.41. The molecule has 34 heavy (non-hydrogen) atoms. The number of hydrogen-bond acceptors (Lipinski definition) is 7. The van der Waals surface area contributed by atoms with Crippen LogP contribution in [0.15, 0.2) is 24.3 Å². The molecular weight excluding hydrogens is 441 g/mol. The molecular formula is C26H32FNO6. The monoisotopic (exact) mass is 473 g/mol. The number of fused-ring (bicyclic) bond motifs is 2. The maximum absolute atomic E-state index is 14.4. The molecule has 0 unspecified atom stereocenters. The molecule has 0 aliphatic carbocycles. The number of aliphatic hydroxyl groups excluding tert-OH is 3. The zero-order chi connectivity index (χ0) is 24.0. The van der Waals surface area contributed by atoms with Crippen molar-refractivity contribution in [2.45, 2.75) is 56.3 Å². The molecule has 3 N–H and O–H groups in total. The lowest BCUT2D eigenvalue weighted by Crippen LogP contribution is -2.53. The molecule has 0 saturated carbocycles. The first-order chi connectivity index (χ1) is 16.4. The normalized spacial score (nSPS) is 28.3. The predicted octanol–water partition coefficient (Wildman–Crippen LogP) is 2.10. The van der Waals surface area contributed by atoms with Gasteiger partial charge in [0, 0.05) is 43.2 Å². The number of anilines is 1. The lowest BCUT2D eigenvalue weighted by molar-refractivity contribution is -0.214. The van der Waals surface area contributed by atoms with Crippen LogP contribution in [0.3, 0.4) is 0 Å². The average molecular weight is 474 g/mol. The van der Waals surface area contributed by atoms with Crippen molar-refractivity contribution in [3.8, 4) is 11.5 Å². The highest BCUT2D eigenvalue weighted by Gasteiger charge is 2.46. The third-order valence-corrected chi connectivity index (χ3v) is 7.28. The van der Waals surface area contributed by atoms with Crippen LogP contribution in [-0.2, 0) is 24.0 Å². The highest BCUT2D eigenvalue weighted by molar-refractivity contribution is 5.61. The summed E-state index contributed by atoms with van der Waals surface area (Å²) in [6.07, 6.45) is -3.89. The van der Waals surface area contributed by atoms with Crippen LogP contribution in [0.25, 0.3) is 0 Å². The molecule has 8 heteroatoms. The fourth-order valence-corrected chi connectivity index (χ4v) is 5.50. The summed E-state index contributed by atoms with van der Waals surface area (Å²) >= 11 is 0. The Labute approximate surface area is 198 Å². The van der Waals surface area contributed by atoms with Crippen molar-refractivity contribution in [2.24, 2.45) is 0 Å². The zero-order valence-electron chi connectivity index (χ0n) is 19.5. The molecule has 0 amide bonds. The van der Waals surface area contributed by atoms with Crippen molar-refractivity contribution in [3.05, 3.63) is 52.1 Å². The summed E-state index contributed by atoms with van der Waals surface area (Å²) in [5.74, 6) is 1.27. The fourth-order valence-electron chi connectivity index (χ4n) is 5.50. The van der Waals surface area contributed by atoms with Crippen LogP contribution in [0, 0.1) is 0 Å². The molecule has 5 atom stereocenters. The number of benzene rings is 2. The number of nitrogens with zero attached hydrogens (tertiary/aromatic N) is 1. The number of hydrogen-bond donors (Lipinski definition) is 3. The van der Waals surface area contributed by atoms with Crippen LogP contribution >= 0.6 is 0 Å². The summed E-state index contributed by atoms with van der Waals surface area (Å²) in [5.41, 5.74) is 6.02. The summed E-state index contributed by atoms with van der Waals surface area (Å²) in [7, 11) is 3.64. The lowest BCUT2D eigenvalue weighted by atomic mass is 9.88. The molecule has 5 rings (SSSR count). The van der Waals surface area contributed by atoms with E-state index in [4.69, 9.17) is 14.2 Å². The molecule has 0 radical (unpaired) electrons. The van der Waals surface area contributed by atoms with Gasteiger partial charge in [-0.1, -0.05) is 12.1 Å². The third kappa shape index (κ3) is 3.92. The van der Waals surface area contributed by atoms with Gasteiger partial charge in [-0.25, -0.2) is 4.39 Å². The highest BCUT2D eigenvalue weighted by atomic mass is 19.1. The van der Waals surface area contributed by atoms with Crippen LogP contribution in [0.2, 0.25) is 0 Å². The Morgan fingerprint density at radius 2 is 2.00 bits per heavy atom. The van der Waals surface area contributed by atoms with Crippen molar-refractivity contribution in [2.75, 3.05) is 38.8 Å². The first-order valence-corrected chi connectivity index (χ1v) is 11.9.